The third kappa shape index (κ3) is 4.49. The van der Waals surface area contributed by atoms with Gasteiger partial charge in [0.1, 0.15) is 17.2 Å². The first-order valence-electron chi connectivity index (χ1n) is 9.51. The van der Waals surface area contributed by atoms with Crippen LogP contribution in [-0.4, -0.2) is 47.7 Å². The largest absolute Gasteiger partial charge is 0.444 e. The highest BCUT2D eigenvalue weighted by Crippen LogP contribution is 2.34. The van der Waals surface area contributed by atoms with Gasteiger partial charge in [-0.05, 0) is 51.7 Å². The molecule has 2 bridgehead atoms. The van der Waals surface area contributed by atoms with Crippen molar-refractivity contribution in [3.05, 3.63) is 35.1 Å². The van der Waals surface area contributed by atoms with Crippen molar-refractivity contribution in [2.75, 3.05) is 13.2 Å². The maximum atomic E-state index is 14.2. The standard InChI is InChI=1S/C21H28FNO4/c1-13-6-5-7-14(19(13)22)10-18(24)15-8-16-11-26-12-17(9-15)23(16)20(25)27-21(2,3)4/h5-7,15-17H,8-12H2,1-4H3. The number of morpholine rings is 1. The smallest absolute Gasteiger partial charge is 0.410 e. The summed E-state index contributed by atoms with van der Waals surface area (Å²) < 4.78 is 25.4. The Morgan fingerprint density at radius 2 is 1.85 bits per heavy atom. The Morgan fingerprint density at radius 3 is 2.44 bits per heavy atom. The van der Waals surface area contributed by atoms with Crippen molar-refractivity contribution in [2.45, 2.75) is 64.6 Å². The molecule has 2 heterocycles. The van der Waals surface area contributed by atoms with Gasteiger partial charge in [-0.15, -0.1) is 0 Å². The van der Waals surface area contributed by atoms with Gasteiger partial charge in [-0.1, -0.05) is 18.2 Å². The Kier molecular flexibility index (Phi) is 5.56. The molecular weight excluding hydrogens is 349 g/mol. The second-order valence-electron chi connectivity index (χ2n) is 8.59. The quantitative estimate of drug-likeness (QED) is 0.807. The van der Waals surface area contributed by atoms with E-state index in [2.05, 4.69) is 0 Å². The molecular formula is C21H28FNO4. The van der Waals surface area contributed by atoms with E-state index in [-0.39, 0.29) is 42.1 Å². The van der Waals surface area contributed by atoms with E-state index in [0.717, 1.165) is 0 Å². The van der Waals surface area contributed by atoms with Crippen molar-refractivity contribution in [3.63, 3.8) is 0 Å². The van der Waals surface area contributed by atoms with Crippen LogP contribution in [-0.2, 0) is 20.7 Å². The van der Waals surface area contributed by atoms with E-state index < -0.39 is 5.60 Å². The van der Waals surface area contributed by atoms with Crippen LogP contribution in [0, 0.1) is 18.7 Å². The van der Waals surface area contributed by atoms with Crippen molar-refractivity contribution in [2.24, 2.45) is 5.92 Å². The first-order valence-corrected chi connectivity index (χ1v) is 9.51. The lowest BCUT2D eigenvalue weighted by molar-refractivity contribution is -0.131. The first-order chi connectivity index (χ1) is 12.7. The molecule has 5 nitrogen and oxygen atoms in total. The highest BCUT2D eigenvalue weighted by Gasteiger charge is 2.45. The molecule has 27 heavy (non-hydrogen) atoms. The normalized spacial score (nSPS) is 25.2. The second-order valence-corrected chi connectivity index (χ2v) is 8.59. The number of carbonyl (C=O) groups is 2. The average molecular weight is 377 g/mol. The molecule has 2 unspecified atom stereocenters. The van der Waals surface area contributed by atoms with Crippen LogP contribution in [0.1, 0.15) is 44.7 Å². The molecule has 6 heteroatoms. The Balaban J connectivity index is 1.69. The Bertz CT molecular complexity index is 713. The van der Waals surface area contributed by atoms with E-state index in [1.807, 2.05) is 20.8 Å². The van der Waals surface area contributed by atoms with Gasteiger partial charge in [0.15, 0.2) is 0 Å². The fraction of sp³-hybridized carbons (Fsp3) is 0.619. The van der Waals surface area contributed by atoms with E-state index in [9.17, 15) is 14.0 Å². The molecule has 2 atom stereocenters. The molecule has 148 valence electrons. The van der Waals surface area contributed by atoms with Gasteiger partial charge in [-0.2, -0.15) is 0 Å². The Labute approximate surface area is 159 Å². The van der Waals surface area contributed by atoms with Gasteiger partial charge in [-0.3, -0.25) is 9.69 Å². The topological polar surface area (TPSA) is 55.8 Å². The summed E-state index contributed by atoms with van der Waals surface area (Å²) >= 11 is 0. The lowest BCUT2D eigenvalue weighted by atomic mass is 9.81. The minimum Gasteiger partial charge on any atom is -0.444 e. The van der Waals surface area contributed by atoms with Gasteiger partial charge in [0, 0.05) is 12.3 Å². The summed E-state index contributed by atoms with van der Waals surface area (Å²) in [5.74, 6) is -0.469. The molecule has 0 aliphatic carbocycles. The number of aryl methyl sites for hydroxylation is 1. The zero-order valence-electron chi connectivity index (χ0n) is 16.5. The number of Topliss-reactive ketones (excluding diaryl/α,β-unsaturated/α-hetero) is 1. The van der Waals surface area contributed by atoms with E-state index in [1.54, 1.807) is 30.0 Å². The van der Waals surface area contributed by atoms with Crippen molar-refractivity contribution in [3.8, 4) is 0 Å². The molecule has 0 N–H and O–H groups in total. The summed E-state index contributed by atoms with van der Waals surface area (Å²) in [6.07, 6.45) is 0.797. The number of hydrogen-bond donors (Lipinski definition) is 0. The SMILES string of the molecule is Cc1cccc(CC(=O)C2CC3COCC(C2)N3C(=O)OC(C)(C)C)c1F. The van der Waals surface area contributed by atoms with Crippen molar-refractivity contribution < 1.29 is 23.5 Å². The van der Waals surface area contributed by atoms with E-state index >= 15 is 0 Å². The van der Waals surface area contributed by atoms with Gasteiger partial charge in [-0.25, -0.2) is 9.18 Å². The number of ether oxygens (including phenoxy) is 2. The van der Waals surface area contributed by atoms with Crippen LogP contribution in [0.15, 0.2) is 18.2 Å². The lowest BCUT2D eigenvalue weighted by Crippen LogP contribution is -2.60. The number of ketones is 1. The number of rotatable bonds is 3. The third-order valence-corrected chi connectivity index (χ3v) is 5.22. The van der Waals surface area contributed by atoms with Gasteiger partial charge in [0.2, 0.25) is 0 Å². The summed E-state index contributed by atoms with van der Waals surface area (Å²) in [4.78, 5) is 27.2. The number of amides is 1. The van der Waals surface area contributed by atoms with E-state index in [0.29, 0.717) is 37.2 Å². The zero-order chi connectivity index (χ0) is 19.8. The molecule has 0 radical (unpaired) electrons. The van der Waals surface area contributed by atoms with E-state index in [4.69, 9.17) is 9.47 Å². The summed E-state index contributed by atoms with van der Waals surface area (Å²) in [5.41, 5.74) is 0.419. The van der Waals surface area contributed by atoms with Crippen LogP contribution >= 0.6 is 0 Å². The lowest BCUT2D eigenvalue weighted by Gasteiger charge is -2.47. The average Bonchev–Trinajstić information content (AvgIpc) is 2.56. The van der Waals surface area contributed by atoms with Crippen LogP contribution in [0.25, 0.3) is 0 Å². The second kappa shape index (κ2) is 7.58. The summed E-state index contributed by atoms with van der Waals surface area (Å²) in [7, 11) is 0. The minimum absolute atomic E-state index is 0.0280. The fourth-order valence-corrected chi connectivity index (χ4v) is 3.97. The van der Waals surface area contributed by atoms with Gasteiger partial charge >= 0.3 is 6.09 Å². The maximum absolute atomic E-state index is 14.2. The molecule has 2 fully saturated rings. The summed E-state index contributed by atoms with van der Waals surface area (Å²) in [5, 5.41) is 0. The summed E-state index contributed by atoms with van der Waals surface area (Å²) in [6, 6.07) is 4.78. The molecule has 3 rings (SSSR count). The number of benzene rings is 1. The van der Waals surface area contributed by atoms with Gasteiger partial charge < -0.3 is 9.47 Å². The van der Waals surface area contributed by atoms with Crippen molar-refractivity contribution in [1.29, 1.82) is 0 Å². The van der Waals surface area contributed by atoms with Crippen LogP contribution in [0.5, 0.6) is 0 Å². The fourth-order valence-electron chi connectivity index (χ4n) is 3.97. The molecule has 1 aromatic rings. The number of halogens is 1. The Hall–Kier alpha value is -1.95. The molecule has 1 amide bonds. The van der Waals surface area contributed by atoms with Crippen LogP contribution in [0.3, 0.4) is 0 Å². The number of fused-ring (bicyclic) bond motifs is 2. The van der Waals surface area contributed by atoms with Crippen LogP contribution < -0.4 is 0 Å². The highest BCUT2D eigenvalue weighted by atomic mass is 19.1. The number of piperidine rings is 1. The van der Waals surface area contributed by atoms with Gasteiger partial charge in [0.25, 0.3) is 0 Å². The molecule has 2 aliphatic heterocycles. The zero-order valence-corrected chi connectivity index (χ0v) is 16.5. The molecule has 1 aromatic carbocycles. The van der Waals surface area contributed by atoms with E-state index in [1.165, 1.54) is 0 Å². The number of nitrogens with zero attached hydrogens (tertiary/aromatic N) is 1. The van der Waals surface area contributed by atoms with Crippen LogP contribution in [0.2, 0.25) is 0 Å². The third-order valence-electron chi connectivity index (χ3n) is 5.22. The molecule has 0 saturated carbocycles. The predicted octanol–water partition coefficient (Wildman–Crippen LogP) is 3.66. The van der Waals surface area contributed by atoms with Crippen molar-refractivity contribution >= 4 is 11.9 Å². The molecule has 0 aromatic heterocycles. The van der Waals surface area contributed by atoms with Gasteiger partial charge in [0.05, 0.1) is 25.3 Å². The predicted molar refractivity (Wildman–Crippen MR) is 99.0 cm³/mol. The van der Waals surface area contributed by atoms with Crippen molar-refractivity contribution in [1.82, 2.24) is 4.90 Å². The van der Waals surface area contributed by atoms with Crippen LogP contribution in [0.4, 0.5) is 9.18 Å². The molecule has 0 spiro atoms. The monoisotopic (exact) mass is 377 g/mol. The maximum Gasteiger partial charge on any atom is 0.410 e. The molecule has 2 saturated heterocycles. The minimum atomic E-state index is -0.568. The number of hydrogen-bond acceptors (Lipinski definition) is 4. The summed E-state index contributed by atoms with van der Waals surface area (Å²) in [6.45, 7) is 8.01. The first kappa shape index (κ1) is 19.8. The number of carbonyl (C=O) groups excluding carboxylic acids is 2. The molecule has 2 aliphatic rings. The Morgan fingerprint density at radius 1 is 1.22 bits per heavy atom. The highest BCUT2D eigenvalue weighted by molar-refractivity contribution is 5.84.